The summed E-state index contributed by atoms with van der Waals surface area (Å²) >= 11 is 0. The fraction of sp³-hybridized carbons (Fsp3) is 0.600. The van der Waals surface area contributed by atoms with Crippen LogP contribution in [0.5, 0.6) is 0 Å². The third-order valence-corrected chi connectivity index (χ3v) is 4.41. The summed E-state index contributed by atoms with van der Waals surface area (Å²) in [7, 11) is 0. The number of hydrogen-bond acceptors (Lipinski definition) is 2. The standard InChI is InChI=1S/C20H30O4/c1-13(2)9-11-17(19(21)22)15-7-5-6-8-16(15)18(20(23)24)12-10-14(3)4/h5-8,13-14,17-18H,9-12H2,1-4H3,(H,21,22)(H,23,24). The van der Waals surface area contributed by atoms with Gasteiger partial charge in [0.25, 0.3) is 0 Å². The molecule has 4 heteroatoms. The number of benzene rings is 1. The molecule has 2 atom stereocenters. The Hall–Kier alpha value is -1.84. The van der Waals surface area contributed by atoms with Crippen LogP contribution in [-0.2, 0) is 9.59 Å². The van der Waals surface area contributed by atoms with Crippen molar-refractivity contribution in [3.63, 3.8) is 0 Å². The van der Waals surface area contributed by atoms with Gasteiger partial charge < -0.3 is 10.2 Å². The van der Waals surface area contributed by atoms with Gasteiger partial charge in [-0.3, -0.25) is 9.59 Å². The number of carboxylic acids is 2. The van der Waals surface area contributed by atoms with Crippen molar-refractivity contribution in [3.8, 4) is 0 Å². The molecule has 0 saturated carbocycles. The summed E-state index contributed by atoms with van der Waals surface area (Å²) in [4.78, 5) is 23.6. The molecule has 0 spiro atoms. The van der Waals surface area contributed by atoms with Gasteiger partial charge in [-0.05, 0) is 48.6 Å². The summed E-state index contributed by atoms with van der Waals surface area (Å²) in [5.74, 6) is -2.23. The van der Waals surface area contributed by atoms with Crippen molar-refractivity contribution in [2.45, 2.75) is 65.2 Å². The normalized spacial score (nSPS) is 13.9. The molecule has 134 valence electrons. The molecule has 4 nitrogen and oxygen atoms in total. The fourth-order valence-corrected chi connectivity index (χ4v) is 2.97. The van der Waals surface area contributed by atoms with E-state index in [0.717, 1.165) is 12.8 Å². The van der Waals surface area contributed by atoms with Crippen molar-refractivity contribution < 1.29 is 19.8 Å². The molecule has 0 aliphatic heterocycles. The van der Waals surface area contributed by atoms with E-state index in [1.165, 1.54) is 0 Å². The van der Waals surface area contributed by atoms with Gasteiger partial charge in [0.15, 0.2) is 0 Å². The van der Waals surface area contributed by atoms with E-state index >= 15 is 0 Å². The zero-order valence-electron chi connectivity index (χ0n) is 15.2. The van der Waals surface area contributed by atoms with Gasteiger partial charge in [-0.15, -0.1) is 0 Å². The van der Waals surface area contributed by atoms with E-state index in [2.05, 4.69) is 27.7 Å². The Labute approximate surface area is 144 Å². The quantitative estimate of drug-likeness (QED) is 0.638. The molecule has 2 N–H and O–H groups in total. The number of rotatable bonds is 10. The lowest BCUT2D eigenvalue weighted by Crippen LogP contribution is -2.19. The van der Waals surface area contributed by atoms with Gasteiger partial charge in [-0.2, -0.15) is 0 Å². The fourth-order valence-electron chi connectivity index (χ4n) is 2.97. The van der Waals surface area contributed by atoms with Crippen molar-refractivity contribution >= 4 is 11.9 Å². The maximum Gasteiger partial charge on any atom is 0.310 e. The molecular weight excluding hydrogens is 304 g/mol. The molecule has 0 amide bonds. The highest BCUT2D eigenvalue weighted by Gasteiger charge is 2.28. The van der Waals surface area contributed by atoms with Crippen LogP contribution < -0.4 is 0 Å². The van der Waals surface area contributed by atoms with Gasteiger partial charge in [-0.1, -0.05) is 52.0 Å². The highest BCUT2D eigenvalue weighted by molar-refractivity contribution is 5.80. The molecule has 1 rings (SSSR count). The van der Waals surface area contributed by atoms with E-state index in [1.807, 2.05) is 0 Å². The van der Waals surface area contributed by atoms with Gasteiger partial charge >= 0.3 is 11.9 Å². The SMILES string of the molecule is CC(C)CCC(C(=O)O)c1ccccc1C(CCC(C)C)C(=O)O. The van der Waals surface area contributed by atoms with Gasteiger partial charge in [-0.25, -0.2) is 0 Å². The van der Waals surface area contributed by atoms with Gasteiger partial charge in [0, 0.05) is 0 Å². The molecule has 2 unspecified atom stereocenters. The molecular formula is C20H30O4. The van der Waals surface area contributed by atoms with Crippen LogP contribution in [0.3, 0.4) is 0 Å². The van der Waals surface area contributed by atoms with Crippen LogP contribution in [0.2, 0.25) is 0 Å². The Kier molecular flexibility index (Phi) is 7.96. The van der Waals surface area contributed by atoms with E-state index in [0.29, 0.717) is 35.8 Å². The Bertz CT molecular complexity index is 499. The summed E-state index contributed by atoms with van der Waals surface area (Å²) in [5.41, 5.74) is 1.31. The van der Waals surface area contributed by atoms with E-state index in [-0.39, 0.29) is 0 Å². The zero-order valence-corrected chi connectivity index (χ0v) is 15.2. The molecule has 0 bridgehead atoms. The molecule has 1 aromatic rings. The van der Waals surface area contributed by atoms with Crippen LogP contribution >= 0.6 is 0 Å². The predicted molar refractivity (Wildman–Crippen MR) is 95.3 cm³/mol. The Morgan fingerprint density at radius 2 is 1.08 bits per heavy atom. The minimum atomic E-state index is -0.879. The van der Waals surface area contributed by atoms with Crippen LogP contribution in [0.15, 0.2) is 24.3 Å². The Morgan fingerprint density at radius 3 is 1.33 bits per heavy atom. The second kappa shape index (κ2) is 9.45. The lowest BCUT2D eigenvalue weighted by molar-refractivity contribution is -0.140. The monoisotopic (exact) mass is 334 g/mol. The number of hydrogen-bond donors (Lipinski definition) is 2. The average molecular weight is 334 g/mol. The lowest BCUT2D eigenvalue weighted by atomic mass is 9.82. The first-order valence-electron chi connectivity index (χ1n) is 8.78. The van der Waals surface area contributed by atoms with Gasteiger partial charge in [0.1, 0.15) is 0 Å². The van der Waals surface area contributed by atoms with Crippen LogP contribution in [-0.4, -0.2) is 22.2 Å². The van der Waals surface area contributed by atoms with E-state index in [9.17, 15) is 19.8 Å². The zero-order chi connectivity index (χ0) is 18.3. The van der Waals surface area contributed by atoms with Crippen LogP contribution in [0.1, 0.15) is 76.3 Å². The second-order valence-corrected chi connectivity index (χ2v) is 7.35. The third kappa shape index (κ3) is 5.99. The number of carbonyl (C=O) groups is 2. The summed E-state index contributed by atoms with van der Waals surface area (Å²) in [6, 6.07) is 7.15. The first-order valence-corrected chi connectivity index (χ1v) is 8.78. The summed E-state index contributed by atoms with van der Waals surface area (Å²) < 4.78 is 0. The maximum absolute atomic E-state index is 11.8. The van der Waals surface area contributed by atoms with Gasteiger partial charge in [0.05, 0.1) is 11.8 Å². The number of carboxylic acid groups (broad SMARTS) is 2. The van der Waals surface area contributed by atoms with Crippen LogP contribution in [0, 0.1) is 11.8 Å². The molecule has 0 heterocycles. The predicted octanol–water partition coefficient (Wildman–Crippen LogP) is 4.90. The van der Waals surface area contributed by atoms with Crippen molar-refractivity contribution in [1.82, 2.24) is 0 Å². The summed E-state index contributed by atoms with van der Waals surface area (Å²) in [5, 5.41) is 19.3. The van der Waals surface area contributed by atoms with E-state index in [4.69, 9.17) is 0 Å². The molecule has 0 saturated heterocycles. The summed E-state index contributed by atoms with van der Waals surface area (Å²) in [6.07, 6.45) is 2.66. The van der Waals surface area contributed by atoms with Crippen molar-refractivity contribution in [2.24, 2.45) is 11.8 Å². The highest BCUT2D eigenvalue weighted by Crippen LogP contribution is 2.33. The molecule has 1 aromatic carbocycles. The van der Waals surface area contributed by atoms with Crippen LogP contribution in [0.25, 0.3) is 0 Å². The molecule has 0 radical (unpaired) electrons. The maximum atomic E-state index is 11.8. The minimum absolute atomic E-state index is 0.412. The Morgan fingerprint density at radius 1 is 0.750 bits per heavy atom. The largest absolute Gasteiger partial charge is 0.481 e. The number of aliphatic carboxylic acids is 2. The van der Waals surface area contributed by atoms with E-state index < -0.39 is 23.8 Å². The highest BCUT2D eigenvalue weighted by atomic mass is 16.4. The smallest absolute Gasteiger partial charge is 0.310 e. The van der Waals surface area contributed by atoms with Crippen molar-refractivity contribution in [1.29, 1.82) is 0 Å². The van der Waals surface area contributed by atoms with Crippen molar-refractivity contribution in [3.05, 3.63) is 35.4 Å². The average Bonchev–Trinajstić information content (AvgIpc) is 2.47. The molecule has 0 aromatic heterocycles. The third-order valence-electron chi connectivity index (χ3n) is 4.41. The van der Waals surface area contributed by atoms with Crippen molar-refractivity contribution in [2.75, 3.05) is 0 Å². The minimum Gasteiger partial charge on any atom is -0.481 e. The van der Waals surface area contributed by atoms with Crippen LogP contribution in [0.4, 0.5) is 0 Å². The summed E-state index contributed by atoms with van der Waals surface area (Å²) in [6.45, 7) is 8.25. The lowest BCUT2D eigenvalue weighted by Gasteiger charge is -2.22. The topological polar surface area (TPSA) is 74.6 Å². The first kappa shape index (κ1) is 20.2. The van der Waals surface area contributed by atoms with E-state index in [1.54, 1.807) is 24.3 Å². The first-order chi connectivity index (χ1) is 11.2. The molecule has 0 aliphatic rings. The molecule has 0 fully saturated rings. The molecule has 24 heavy (non-hydrogen) atoms. The second-order valence-electron chi connectivity index (χ2n) is 7.35. The molecule has 0 aliphatic carbocycles. The Balaban J connectivity index is 3.18. The van der Waals surface area contributed by atoms with Gasteiger partial charge in [0.2, 0.25) is 0 Å².